The summed E-state index contributed by atoms with van der Waals surface area (Å²) in [6, 6.07) is 2.03. The molecular formula is C26H33NO6. The van der Waals surface area contributed by atoms with Crippen LogP contribution in [0.2, 0.25) is 0 Å². The molecule has 0 aliphatic rings. The number of hydrogen-bond donors (Lipinski definition) is 2. The van der Waals surface area contributed by atoms with E-state index in [1.54, 1.807) is 6.26 Å². The summed E-state index contributed by atoms with van der Waals surface area (Å²) < 4.78 is 11.5. The van der Waals surface area contributed by atoms with E-state index < -0.39 is 11.6 Å². The lowest BCUT2D eigenvalue weighted by atomic mass is 9.86. The number of carbonyl (C=O) groups is 2. The van der Waals surface area contributed by atoms with Crippen molar-refractivity contribution in [3.8, 4) is 0 Å². The van der Waals surface area contributed by atoms with Gasteiger partial charge in [-0.15, -0.1) is 0 Å². The van der Waals surface area contributed by atoms with Crippen molar-refractivity contribution >= 4 is 33.8 Å². The number of carboxylic acids is 1. The number of hydrogen-bond acceptors (Lipinski definition) is 5. The molecule has 3 rings (SSSR count). The minimum Gasteiger partial charge on any atom is -0.481 e. The highest BCUT2D eigenvalue weighted by atomic mass is 16.4. The van der Waals surface area contributed by atoms with Crippen LogP contribution < -0.4 is 10.9 Å². The molecule has 0 unspecified atom stereocenters. The predicted octanol–water partition coefficient (Wildman–Crippen LogP) is 5.15. The van der Waals surface area contributed by atoms with E-state index in [1.807, 2.05) is 19.9 Å². The highest BCUT2D eigenvalue weighted by Gasteiger charge is 2.23. The van der Waals surface area contributed by atoms with Crippen molar-refractivity contribution in [1.82, 2.24) is 5.32 Å². The number of rotatable bonds is 9. The summed E-state index contributed by atoms with van der Waals surface area (Å²) >= 11 is 0. The molecule has 0 spiro atoms. The standard InChI is InChI=1S/C26H33NO6/c1-15-17(10-11-21(28)27-12-8-6-7-9-22(29)30)25(31)33-24-16(2)23-19(13-18(15)24)20(14-32-23)26(3,4)5/h13-14H,6-12H2,1-5H3,(H,27,28)(H,29,30). The van der Waals surface area contributed by atoms with E-state index in [-0.39, 0.29) is 24.2 Å². The number of furan rings is 1. The fraction of sp³-hybridized carbons (Fsp3) is 0.500. The average Bonchev–Trinajstić information content (AvgIpc) is 3.16. The summed E-state index contributed by atoms with van der Waals surface area (Å²) in [5.41, 5.74) is 3.96. The second kappa shape index (κ2) is 9.81. The van der Waals surface area contributed by atoms with Crippen LogP contribution in [0.15, 0.2) is 26.0 Å². The van der Waals surface area contributed by atoms with Crippen molar-refractivity contribution in [3.63, 3.8) is 0 Å². The monoisotopic (exact) mass is 455 g/mol. The molecule has 0 saturated carbocycles. The van der Waals surface area contributed by atoms with Crippen molar-refractivity contribution in [1.29, 1.82) is 0 Å². The van der Waals surface area contributed by atoms with Crippen LogP contribution in [-0.4, -0.2) is 23.5 Å². The van der Waals surface area contributed by atoms with Gasteiger partial charge in [0, 0.05) is 46.8 Å². The first-order valence-electron chi connectivity index (χ1n) is 11.5. The molecule has 178 valence electrons. The van der Waals surface area contributed by atoms with Gasteiger partial charge < -0.3 is 19.3 Å². The lowest BCUT2D eigenvalue weighted by Crippen LogP contribution is -2.25. The Bertz CT molecular complexity index is 1240. The zero-order chi connectivity index (χ0) is 24.3. The molecule has 2 aromatic heterocycles. The molecule has 1 aromatic carbocycles. The quantitative estimate of drug-likeness (QED) is 0.341. The zero-order valence-electron chi connectivity index (χ0n) is 20.1. The SMILES string of the molecule is Cc1c(CCC(=O)NCCCCCC(=O)O)c(=O)oc2c(C)c3occ(C(C)(C)C)c3cc12. The highest BCUT2D eigenvalue weighted by molar-refractivity contribution is 6.00. The number of nitrogens with one attached hydrogen (secondary N) is 1. The third-order valence-corrected chi connectivity index (χ3v) is 6.14. The van der Waals surface area contributed by atoms with Gasteiger partial charge in [0.2, 0.25) is 5.91 Å². The molecule has 2 heterocycles. The van der Waals surface area contributed by atoms with Gasteiger partial charge >= 0.3 is 11.6 Å². The number of carboxylic acid groups (broad SMARTS) is 1. The Hall–Kier alpha value is -3.09. The van der Waals surface area contributed by atoms with Gasteiger partial charge in [-0.05, 0) is 50.2 Å². The van der Waals surface area contributed by atoms with Crippen LogP contribution >= 0.6 is 0 Å². The molecule has 7 heteroatoms. The predicted molar refractivity (Wildman–Crippen MR) is 128 cm³/mol. The second-order valence-corrected chi connectivity index (χ2v) is 9.70. The second-order valence-electron chi connectivity index (χ2n) is 9.70. The van der Waals surface area contributed by atoms with Gasteiger partial charge in [0.15, 0.2) is 0 Å². The molecule has 3 aromatic rings. The van der Waals surface area contributed by atoms with Crippen LogP contribution in [0, 0.1) is 13.8 Å². The van der Waals surface area contributed by atoms with Gasteiger partial charge in [0.05, 0.1) is 6.26 Å². The van der Waals surface area contributed by atoms with Crippen LogP contribution in [0.3, 0.4) is 0 Å². The highest BCUT2D eigenvalue weighted by Crippen LogP contribution is 2.37. The van der Waals surface area contributed by atoms with Crippen molar-refractivity contribution in [2.75, 3.05) is 6.54 Å². The van der Waals surface area contributed by atoms with Crippen LogP contribution in [0.25, 0.3) is 21.9 Å². The molecule has 0 bridgehead atoms. The Kier molecular flexibility index (Phi) is 7.30. The van der Waals surface area contributed by atoms with E-state index in [1.165, 1.54) is 0 Å². The summed E-state index contributed by atoms with van der Waals surface area (Å²) in [4.78, 5) is 35.5. The zero-order valence-corrected chi connectivity index (χ0v) is 20.1. The fourth-order valence-electron chi connectivity index (χ4n) is 4.20. The summed E-state index contributed by atoms with van der Waals surface area (Å²) in [7, 11) is 0. The fourth-order valence-corrected chi connectivity index (χ4v) is 4.20. The van der Waals surface area contributed by atoms with Gasteiger partial charge in [-0.3, -0.25) is 9.59 Å². The minimum atomic E-state index is -0.804. The van der Waals surface area contributed by atoms with Crippen molar-refractivity contribution < 1.29 is 23.5 Å². The maximum absolute atomic E-state index is 12.7. The molecule has 33 heavy (non-hydrogen) atoms. The van der Waals surface area contributed by atoms with Gasteiger partial charge in [0.1, 0.15) is 11.2 Å². The van der Waals surface area contributed by atoms with Gasteiger partial charge in [-0.2, -0.15) is 0 Å². The third-order valence-electron chi connectivity index (χ3n) is 6.14. The molecule has 0 fully saturated rings. The lowest BCUT2D eigenvalue weighted by Gasteiger charge is -2.17. The van der Waals surface area contributed by atoms with Gasteiger partial charge in [0.25, 0.3) is 0 Å². The van der Waals surface area contributed by atoms with Crippen LogP contribution in [0.5, 0.6) is 0 Å². The Balaban J connectivity index is 1.77. The molecule has 7 nitrogen and oxygen atoms in total. The molecule has 1 amide bonds. The largest absolute Gasteiger partial charge is 0.481 e. The summed E-state index contributed by atoms with van der Waals surface area (Å²) in [6.07, 6.45) is 4.48. The number of fused-ring (bicyclic) bond motifs is 2. The lowest BCUT2D eigenvalue weighted by molar-refractivity contribution is -0.137. The smallest absolute Gasteiger partial charge is 0.339 e. The van der Waals surface area contributed by atoms with E-state index in [2.05, 4.69) is 26.1 Å². The first-order valence-corrected chi connectivity index (χ1v) is 11.5. The Morgan fingerprint density at radius 1 is 1.00 bits per heavy atom. The van der Waals surface area contributed by atoms with E-state index in [9.17, 15) is 14.4 Å². The minimum absolute atomic E-state index is 0.0938. The first kappa shape index (κ1) is 24.6. The molecular weight excluding hydrogens is 422 g/mol. The van der Waals surface area contributed by atoms with E-state index in [0.29, 0.717) is 30.5 Å². The summed E-state index contributed by atoms with van der Waals surface area (Å²) in [5, 5.41) is 13.4. The Labute approximate surface area is 193 Å². The number of carbonyl (C=O) groups excluding carboxylic acids is 1. The van der Waals surface area contributed by atoms with E-state index in [4.69, 9.17) is 13.9 Å². The first-order chi connectivity index (χ1) is 15.5. The van der Waals surface area contributed by atoms with Gasteiger partial charge in [-0.25, -0.2) is 4.79 Å². The van der Waals surface area contributed by atoms with E-state index in [0.717, 1.165) is 45.9 Å². The van der Waals surface area contributed by atoms with Crippen LogP contribution in [0.1, 0.15) is 75.1 Å². The Morgan fingerprint density at radius 2 is 1.73 bits per heavy atom. The molecule has 2 N–H and O–H groups in total. The van der Waals surface area contributed by atoms with Crippen LogP contribution in [-0.2, 0) is 21.4 Å². The van der Waals surface area contributed by atoms with Gasteiger partial charge in [-0.1, -0.05) is 27.2 Å². The van der Waals surface area contributed by atoms with Crippen molar-refractivity contribution in [3.05, 3.63) is 45.0 Å². The molecule has 0 atom stereocenters. The summed E-state index contributed by atoms with van der Waals surface area (Å²) in [5.74, 6) is -0.939. The maximum Gasteiger partial charge on any atom is 0.339 e. The summed E-state index contributed by atoms with van der Waals surface area (Å²) in [6.45, 7) is 10.7. The average molecular weight is 456 g/mol. The molecule has 0 aliphatic carbocycles. The Morgan fingerprint density at radius 3 is 2.39 bits per heavy atom. The number of benzene rings is 1. The number of unbranched alkanes of at least 4 members (excludes halogenated alkanes) is 2. The number of aliphatic carboxylic acids is 1. The van der Waals surface area contributed by atoms with Crippen LogP contribution in [0.4, 0.5) is 0 Å². The topological polar surface area (TPSA) is 110 Å². The van der Waals surface area contributed by atoms with Crippen molar-refractivity contribution in [2.24, 2.45) is 0 Å². The van der Waals surface area contributed by atoms with Crippen molar-refractivity contribution in [2.45, 2.75) is 78.6 Å². The normalized spacial score (nSPS) is 11.9. The molecule has 0 aliphatic heterocycles. The molecule has 0 saturated heterocycles. The maximum atomic E-state index is 12.7. The number of amides is 1. The molecule has 0 radical (unpaired) electrons. The number of aryl methyl sites for hydroxylation is 2. The third kappa shape index (κ3) is 5.46. The van der Waals surface area contributed by atoms with E-state index >= 15 is 0 Å².